The van der Waals surface area contributed by atoms with Gasteiger partial charge >= 0.3 is 0 Å². The van der Waals surface area contributed by atoms with Crippen LogP contribution >= 0.6 is 0 Å². The number of halogens is 1. The molecule has 0 spiro atoms. The molecule has 0 saturated carbocycles. The average molecular weight is 192 g/mol. The van der Waals surface area contributed by atoms with E-state index in [1.54, 1.807) is 0 Å². The summed E-state index contributed by atoms with van der Waals surface area (Å²) in [5.74, 6) is 0.924. The minimum Gasteiger partial charge on any atom is -0.374 e. The van der Waals surface area contributed by atoms with Gasteiger partial charge in [0, 0.05) is 5.69 Å². The quantitative estimate of drug-likeness (QED) is 0.701. The molecule has 0 fully saturated rings. The average Bonchev–Trinajstić information content (AvgIpc) is 2.16. The third kappa shape index (κ3) is 2.23. The summed E-state index contributed by atoms with van der Waals surface area (Å²) < 4.78 is 13.0. The first kappa shape index (κ1) is 10.1. The van der Waals surface area contributed by atoms with Crippen molar-refractivity contribution in [1.82, 2.24) is 0 Å². The minimum atomic E-state index is -0.799. The lowest BCUT2D eigenvalue weighted by Gasteiger charge is -2.04. The van der Waals surface area contributed by atoms with Crippen LogP contribution in [0.3, 0.4) is 0 Å². The van der Waals surface area contributed by atoms with Crippen LogP contribution in [0.1, 0.15) is 10.4 Å². The molecule has 0 aliphatic carbocycles. The number of carbonyl (C=O) groups is 1. The molecule has 0 unspecified atom stereocenters. The summed E-state index contributed by atoms with van der Waals surface area (Å²) in [5, 5.41) is 2.81. The van der Waals surface area contributed by atoms with Gasteiger partial charge in [-0.1, -0.05) is 5.92 Å². The van der Waals surface area contributed by atoms with Gasteiger partial charge in [0.25, 0.3) is 5.91 Å². The Bertz CT molecular complexity index is 396. The predicted molar refractivity (Wildman–Crippen MR) is 52.2 cm³/mol. The standard InChI is InChI=1S/C10H9FN2O/c1-2-5-13-7-3-4-9(11)8(6-7)10(12)14/h1,3-4,6,13H,5H2,(H2,12,14). The van der Waals surface area contributed by atoms with Gasteiger partial charge in [0.05, 0.1) is 12.1 Å². The zero-order valence-electron chi connectivity index (χ0n) is 7.38. The number of hydrogen-bond donors (Lipinski definition) is 2. The molecule has 0 radical (unpaired) electrons. The molecular formula is C10H9FN2O. The summed E-state index contributed by atoms with van der Waals surface area (Å²) in [7, 11) is 0. The molecule has 0 bridgehead atoms. The normalized spacial score (nSPS) is 9.14. The molecule has 0 aliphatic rings. The lowest BCUT2D eigenvalue weighted by molar-refractivity contribution is 0.0996. The second-order valence-electron chi connectivity index (χ2n) is 2.62. The highest BCUT2D eigenvalue weighted by Gasteiger charge is 2.08. The van der Waals surface area contributed by atoms with Crippen LogP contribution in [-0.4, -0.2) is 12.5 Å². The third-order valence-corrected chi connectivity index (χ3v) is 1.63. The summed E-state index contributed by atoms with van der Waals surface area (Å²) in [4.78, 5) is 10.8. The van der Waals surface area contributed by atoms with E-state index in [1.165, 1.54) is 18.2 Å². The van der Waals surface area contributed by atoms with Crippen LogP contribution in [0.15, 0.2) is 18.2 Å². The van der Waals surface area contributed by atoms with E-state index in [4.69, 9.17) is 12.2 Å². The molecule has 72 valence electrons. The lowest BCUT2D eigenvalue weighted by atomic mass is 10.2. The van der Waals surface area contributed by atoms with Gasteiger partial charge < -0.3 is 11.1 Å². The molecule has 0 aliphatic heterocycles. The van der Waals surface area contributed by atoms with Crippen LogP contribution in [0.4, 0.5) is 10.1 Å². The Hall–Kier alpha value is -2.02. The minimum absolute atomic E-state index is 0.146. The van der Waals surface area contributed by atoms with Crippen molar-refractivity contribution in [3.8, 4) is 12.3 Å². The van der Waals surface area contributed by atoms with E-state index >= 15 is 0 Å². The number of terminal acetylenes is 1. The summed E-state index contributed by atoms with van der Waals surface area (Å²) in [6.45, 7) is 0.309. The number of nitrogens with two attached hydrogens (primary N) is 1. The first-order valence-electron chi connectivity index (χ1n) is 3.92. The number of primary amides is 1. The van der Waals surface area contributed by atoms with Gasteiger partial charge in [-0.15, -0.1) is 6.42 Å². The Morgan fingerprint density at radius 2 is 2.36 bits per heavy atom. The fourth-order valence-corrected chi connectivity index (χ4v) is 0.977. The molecular weight excluding hydrogens is 183 g/mol. The van der Waals surface area contributed by atoms with Crippen molar-refractivity contribution in [3.05, 3.63) is 29.6 Å². The number of nitrogens with one attached hydrogen (secondary N) is 1. The van der Waals surface area contributed by atoms with Crippen LogP contribution in [0.25, 0.3) is 0 Å². The van der Waals surface area contributed by atoms with Crippen molar-refractivity contribution in [2.24, 2.45) is 5.73 Å². The zero-order valence-corrected chi connectivity index (χ0v) is 7.38. The van der Waals surface area contributed by atoms with Crippen molar-refractivity contribution in [2.75, 3.05) is 11.9 Å². The monoisotopic (exact) mass is 192 g/mol. The number of anilines is 1. The second-order valence-corrected chi connectivity index (χ2v) is 2.62. The van der Waals surface area contributed by atoms with Crippen LogP contribution < -0.4 is 11.1 Å². The third-order valence-electron chi connectivity index (χ3n) is 1.63. The first-order chi connectivity index (χ1) is 6.65. The molecule has 0 atom stereocenters. The first-order valence-corrected chi connectivity index (χ1v) is 3.92. The second kappa shape index (κ2) is 4.28. The molecule has 3 N–H and O–H groups in total. The molecule has 14 heavy (non-hydrogen) atoms. The fourth-order valence-electron chi connectivity index (χ4n) is 0.977. The highest BCUT2D eigenvalue weighted by molar-refractivity contribution is 5.94. The maximum atomic E-state index is 13.0. The molecule has 1 amide bonds. The summed E-state index contributed by atoms with van der Waals surface area (Å²) >= 11 is 0. The van der Waals surface area contributed by atoms with Gasteiger partial charge in [-0.25, -0.2) is 4.39 Å². The molecule has 3 nitrogen and oxygen atoms in total. The van der Waals surface area contributed by atoms with E-state index in [9.17, 15) is 9.18 Å². The summed E-state index contributed by atoms with van der Waals surface area (Å²) in [6, 6.07) is 3.98. The van der Waals surface area contributed by atoms with E-state index in [1.807, 2.05) is 0 Å². The van der Waals surface area contributed by atoms with Crippen LogP contribution in [0, 0.1) is 18.2 Å². The van der Waals surface area contributed by atoms with Gasteiger partial charge in [0.15, 0.2) is 0 Å². The Morgan fingerprint density at radius 3 is 2.93 bits per heavy atom. The maximum Gasteiger partial charge on any atom is 0.251 e. The van der Waals surface area contributed by atoms with Crippen molar-refractivity contribution >= 4 is 11.6 Å². The van der Waals surface area contributed by atoms with Crippen molar-refractivity contribution in [3.63, 3.8) is 0 Å². The molecule has 1 aromatic carbocycles. The smallest absolute Gasteiger partial charge is 0.251 e. The Kier molecular flexibility index (Phi) is 3.08. The van der Waals surface area contributed by atoms with Crippen LogP contribution in [-0.2, 0) is 0 Å². The fraction of sp³-hybridized carbons (Fsp3) is 0.100. The van der Waals surface area contributed by atoms with Crippen molar-refractivity contribution in [1.29, 1.82) is 0 Å². The van der Waals surface area contributed by atoms with Gasteiger partial charge in [0.2, 0.25) is 0 Å². The lowest BCUT2D eigenvalue weighted by Crippen LogP contribution is -2.13. The largest absolute Gasteiger partial charge is 0.374 e. The van der Waals surface area contributed by atoms with Gasteiger partial charge in [0.1, 0.15) is 5.82 Å². The topological polar surface area (TPSA) is 55.1 Å². The van der Waals surface area contributed by atoms with E-state index in [-0.39, 0.29) is 5.56 Å². The van der Waals surface area contributed by atoms with E-state index < -0.39 is 11.7 Å². The maximum absolute atomic E-state index is 13.0. The highest BCUT2D eigenvalue weighted by Crippen LogP contribution is 2.13. The number of hydrogen-bond acceptors (Lipinski definition) is 2. The molecule has 1 aromatic rings. The van der Waals surface area contributed by atoms with E-state index in [0.29, 0.717) is 12.2 Å². The van der Waals surface area contributed by atoms with E-state index in [2.05, 4.69) is 11.2 Å². The van der Waals surface area contributed by atoms with Crippen LogP contribution in [0.2, 0.25) is 0 Å². The zero-order chi connectivity index (χ0) is 10.6. The molecule has 0 saturated heterocycles. The molecule has 0 aromatic heterocycles. The number of rotatable bonds is 3. The van der Waals surface area contributed by atoms with Gasteiger partial charge in [-0.2, -0.15) is 0 Å². The van der Waals surface area contributed by atoms with Gasteiger partial charge in [-0.05, 0) is 18.2 Å². The Morgan fingerprint density at radius 1 is 1.64 bits per heavy atom. The molecule has 4 heteroatoms. The predicted octanol–water partition coefficient (Wildman–Crippen LogP) is 0.970. The van der Waals surface area contributed by atoms with Crippen LogP contribution in [0.5, 0.6) is 0 Å². The Balaban J connectivity index is 2.96. The Labute approximate surface area is 81.1 Å². The van der Waals surface area contributed by atoms with Gasteiger partial charge in [-0.3, -0.25) is 4.79 Å². The van der Waals surface area contributed by atoms with Crippen molar-refractivity contribution in [2.45, 2.75) is 0 Å². The summed E-state index contributed by atoms with van der Waals surface area (Å²) in [6.07, 6.45) is 5.03. The van der Waals surface area contributed by atoms with E-state index in [0.717, 1.165) is 0 Å². The van der Waals surface area contributed by atoms with Crippen molar-refractivity contribution < 1.29 is 9.18 Å². The number of amides is 1. The highest BCUT2D eigenvalue weighted by atomic mass is 19.1. The SMILES string of the molecule is C#CCNc1ccc(F)c(C(N)=O)c1. The summed E-state index contributed by atoms with van der Waals surface area (Å²) in [5.41, 5.74) is 5.39. The number of carbonyl (C=O) groups excluding carboxylic acids is 1. The molecule has 1 rings (SSSR count). The molecule has 0 heterocycles. The number of benzene rings is 1.